The van der Waals surface area contributed by atoms with Crippen LogP contribution in [0.1, 0.15) is 25.3 Å². The Morgan fingerprint density at radius 2 is 2.00 bits per heavy atom. The van der Waals surface area contributed by atoms with Gasteiger partial charge in [-0.15, -0.1) is 24.0 Å². The molecule has 2 aromatic heterocycles. The van der Waals surface area contributed by atoms with Gasteiger partial charge in [0.05, 0.1) is 18.5 Å². The van der Waals surface area contributed by atoms with Crippen molar-refractivity contribution in [3.05, 3.63) is 48.0 Å². The molecule has 0 aromatic carbocycles. The number of anilines is 1. The summed E-state index contributed by atoms with van der Waals surface area (Å²) in [5, 5.41) is 6.74. The fraction of sp³-hybridized carbons (Fsp3) is 0.474. The predicted octanol–water partition coefficient (Wildman–Crippen LogP) is 3.29. The summed E-state index contributed by atoms with van der Waals surface area (Å²) in [5.41, 5.74) is 0.947. The standard InChI is InChI=1S/C19H29N5O.HI/c1-15(2)13-21-19(20-11-10-17-8-6-12-25-17)22-14-16-7-5-9-18(23-16)24(3)4;/h5-9,12,15H,10-11,13-14H2,1-4H3,(H2,20,21,22);1H. The lowest BCUT2D eigenvalue weighted by molar-refractivity contribution is 0.506. The third-order valence-electron chi connectivity index (χ3n) is 3.57. The summed E-state index contributed by atoms with van der Waals surface area (Å²) in [6.45, 7) is 6.53. The molecule has 6 nitrogen and oxygen atoms in total. The summed E-state index contributed by atoms with van der Waals surface area (Å²) in [7, 11) is 3.97. The van der Waals surface area contributed by atoms with Crippen LogP contribution in [-0.2, 0) is 13.0 Å². The number of guanidine groups is 1. The van der Waals surface area contributed by atoms with Gasteiger partial charge in [0.15, 0.2) is 5.96 Å². The van der Waals surface area contributed by atoms with Crippen LogP contribution in [0.2, 0.25) is 0 Å². The fourth-order valence-electron chi connectivity index (χ4n) is 2.20. The highest BCUT2D eigenvalue weighted by Gasteiger charge is 2.03. The lowest BCUT2D eigenvalue weighted by atomic mass is 10.2. The first-order valence-electron chi connectivity index (χ1n) is 8.72. The zero-order valence-electron chi connectivity index (χ0n) is 16.0. The van der Waals surface area contributed by atoms with E-state index in [9.17, 15) is 0 Å². The molecule has 0 atom stereocenters. The second-order valence-electron chi connectivity index (χ2n) is 6.58. The number of hydrogen-bond donors (Lipinski definition) is 2. The summed E-state index contributed by atoms with van der Waals surface area (Å²) < 4.78 is 5.36. The van der Waals surface area contributed by atoms with Gasteiger partial charge in [0, 0.05) is 33.6 Å². The topological polar surface area (TPSA) is 65.7 Å². The molecule has 7 heteroatoms. The highest BCUT2D eigenvalue weighted by atomic mass is 127. The van der Waals surface area contributed by atoms with Gasteiger partial charge in [0.25, 0.3) is 0 Å². The molecule has 0 unspecified atom stereocenters. The van der Waals surface area contributed by atoms with Gasteiger partial charge in [-0.3, -0.25) is 0 Å². The van der Waals surface area contributed by atoms with Crippen LogP contribution in [0.5, 0.6) is 0 Å². The van der Waals surface area contributed by atoms with E-state index in [4.69, 9.17) is 4.42 Å². The number of aromatic nitrogens is 1. The number of halogens is 1. The maximum Gasteiger partial charge on any atom is 0.191 e. The minimum atomic E-state index is 0. The molecule has 0 saturated carbocycles. The Morgan fingerprint density at radius 3 is 2.65 bits per heavy atom. The number of rotatable bonds is 8. The van der Waals surface area contributed by atoms with Crippen molar-refractivity contribution in [3.8, 4) is 0 Å². The lowest BCUT2D eigenvalue weighted by Crippen LogP contribution is -2.40. The largest absolute Gasteiger partial charge is 0.469 e. The summed E-state index contributed by atoms with van der Waals surface area (Å²) in [4.78, 5) is 11.3. The highest BCUT2D eigenvalue weighted by molar-refractivity contribution is 14.0. The molecule has 0 radical (unpaired) electrons. The summed E-state index contributed by atoms with van der Waals surface area (Å²) in [6.07, 6.45) is 2.52. The molecule has 0 spiro atoms. The average molecular weight is 471 g/mol. The maximum absolute atomic E-state index is 5.36. The molecule has 0 saturated heterocycles. The first-order valence-corrected chi connectivity index (χ1v) is 8.72. The molecule has 0 fully saturated rings. The number of pyridine rings is 1. The number of nitrogens with zero attached hydrogens (tertiary/aromatic N) is 3. The van der Waals surface area contributed by atoms with E-state index in [1.165, 1.54) is 0 Å². The normalized spacial score (nSPS) is 11.2. The van der Waals surface area contributed by atoms with Crippen molar-refractivity contribution in [2.24, 2.45) is 10.9 Å². The van der Waals surface area contributed by atoms with E-state index in [2.05, 4.69) is 34.5 Å². The molecule has 0 aliphatic rings. The fourth-order valence-corrected chi connectivity index (χ4v) is 2.20. The molecule has 26 heavy (non-hydrogen) atoms. The molecule has 0 aliphatic carbocycles. The minimum absolute atomic E-state index is 0. The van der Waals surface area contributed by atoms with Crippen molar-refractivity contribution in [1.82, 2.24) is 15.6 Å². The Kier molecular flexibility index (Phi) is 10.1. The third-order valence-corrected chi connectivity index (χ3v) is 3.57. The average Bonchev–Trinajstić information content (AvgIpc) is 3.10. The Hall–Kier alpha value is -1.77. The van der Waals surface area contributed by atoms with Gasteiger partial charge >= 0.3 is 0 Å². The van der Waals surface area contributed by atoms with Crippen molar-refractivity contribution in [1.29, 1.82) is 0 Å². The molecule has 144 valence electrons. The summed E-state index contributed by atoms with van der Waals surface area (Å²) in [6, 6.07) is 9.90. The van der Waals surface area contributed by atoms with E-state index < -0.39 is 0 Å². The first kappa shape index (κ1) is 22.3. The Labute approximate surface area is 173 Å². The second kappa shape index (κ2) is 11.8. The minimum Gasteiger partial charge on any atom is -0.469 e. The SMILES string of the molecule is CC(C)CNC(=NCc1cccc(N(C)C)n1)NCCc1ccco1.I. The molecule has 2 N–H and O–H groups in total. The van der Waals surface area contributed by atoms with Gasteiger partial charge in [-0.05, 0) is 30.2 Å². The predicted molar refractivity (Wildman–Crippen MR) is 118 cm³/mol. The van der Waals surface area contributed by atoms with E-state index in [1.54, 1.807) is 6.26 Å². The van der Waals surface area contributed by atoms with E-state index in [0.29, 0.717) is 12.5 Å². The molecule has 0 aliphatic heterocycles. The van der Waals surface area contributed by atoms with Crippen molar-refractivity contribution >= 4 is 35.8 Å². The van der Waals surface area contributed by atoms with Crippen LogP contribution in [0.15, 0.2) is 46.0 Å². The molecule has 0 bridgehead atoms. The van der Waals surface area contributed by atoms with Crippen LogP contribution in [0.4, 0.5) is 5.82 Å². The molecule has 2 aromatic rings. The molecule has 2 heterocycles. The lowest BCUT2D eigenvalue weighted by Gasteiger charge is -2.14. The summed E-state index contributed by atoms with van der Waals surface area (Å²) in [5.74, 6) is 3.26. The molecular formula is C19H30IN5O. The summed E-state index contributed by atoms with van der Waals surface area (Å²) >= 11 is 0. The first-order chi connectivity index (χ1) is 12.0. The molecule has 0 amide bonds. The third kappa shape index (κ3) is 8.07. The number of furan rings is 1. The Bertz CT molecular complexity index is 656. The quantitative estimate of drug-likeness (QED) is 0.352. The van der Waals surface area contributed by atoms with Crippen molar-refractivity contribution in [2.45, 2.75) is 26.8 Å². The van der Waals surface area contributed by atoms with Crippen molar-refractivity contribution in [2.75, 3.05) is 32.1 Å². The van der Waals surface area contributed by atoms with Crippen molar-refractivity contribution < 1.29 is 4.42 Å². The van der Waals surface area contributed by atoms with E-state index >= 15 is 0 Å². The van der Waals surface area contributed by atoms with Crippen LogP contribution < -0.4 is 15.5 Å². The van der Waals surface area contributed by atoms with E-state index in [1.807, 2.05) is 49.3 Å². The second-order valence-corrected chi connectivity index (χ2v) is 6.58. The van der Waals surface area contributed by atoms with Crippen LogP contribution >= 0.6 is 24.0 Å². The van der Waals surface area contributed by atoms with Gasteiger partial charge in [-0.25, -0.2) is 9.98 Å². The maximum atomic E-state index is 5.36. The van der Waals surface area contributed by atoms with Gasteiger partial charge in [-0.2, -0.15) is 0 Å². The van der Waals surface area contributed by atoms with Crippen LogP contribution in [0, 0.1) is 5.92 Å². The van der Waals surface area contributed by atoms with Gasteiger partial charge < -0.3 is 20.0 Å². The molecule has 2 rings (SSSR count). The zero-order chi connectivity index (χ0) is 18.1. The van der Waals surface area contributed by atoms with Gasteiger partial charge in [0.2, 0.25) is 0 Å². The Morgan fingerprint density at radius 1 is 1.19 bits per heavy atom. The van der Waals surface area contributed by atoms with Crippen molar-refractivity contribution in [3.63, 3.8) is 0 Å². The van der Waals surface area contributed by atoms with E-state index in [0.717, 1.165) is 42.7 Å². The van der Waals surface area contributed by atoms with Crippen LogP contribution in [-0.4, -0.2) is 38.1 Å². The number of hydrogen-bond acceptors (Lipinski definition) is 4. The smallest absolute Gasteiger partial charge is 0.191 e. The van der Waals surface area contributed by atoms with Gasteiger partial charge in [0.1, 0.15) is 11.6 Å². The van der Waals surface area contributed by atoms with Crippen LogP contribution in [0.3, 0.4) is 0 Å². The molecular weight excluding hydrogens is 441 g/mol. The van der Waals surface area contributed by atoms with E-state index in [-0.39, 0.29) is 24.0 Å². The zero-order valence-corrected chi connectivity index (χ0v) is 18.4. The monoisotopic (exact) mass is 471 g/mol. The highest BCUT2D eigenvalue weighted by Crippen LogP contribution is 2.08. The van der Waals surface area contributed by atoms with Gasteiger partial charge in [-0.1, -0.05) is 19.9 Å². The number of nitrogens with one attached hydrogen (secondary N) is 2. The number of aliphatic imine (C=N–C) groups is 1. The van der Waals surface area contributed by atoms with Crippen LogP contribution in [0.25, 0.3) is 0 Å². The Balaban J connectivity index is 0.00000338.